The first-order valence-corrected chi connectivity index (χ1v) is 0.750. The van der Waals surface area contributed by atoms with Gasteiger partial charge in [-0.3, -0.25) is 0 Å². The summed E-state index contributed by atoms with van der Waals surface area (Å²) in [5.74, 6) is 0. The van der Waals surface area contributed by atoms with Crippen LogP contribution in [0.15, 0.2) is 25.2 Å². The fourth-order valence-electron chi connectivity index (χ4n) is 0. The van der Waals surface area contributed by atoms with Crippen molar-refractivity contribution in [1.82, 2.24) is 0 Å². The van der Waals surface area contributed by atoms with Gasteiger partial charge in [-0.05, 0) is 0 Å². The molecule has 0 saturated carbocycles. The highest BCUT2D eigenvalue weighted by Gasteiger charge is 1.29. The Bertz CT molecular complexity index is 160. The fraction of sp³-hybridized carbons (Fsp3) is 0. The van der Waals surface area contributed by atoms with Crippen molar-refractivity contribution in [2.24, 2.45) is 0 Å². The maximum Gasteiger partial charge on any atom is 0.0616 e. The summed E-state index contributed by atoms with van der Waals surface area (Å²) < 4.78 is 39.7. The number of rotatable bonds is 1. The van der Waals surface area contributed by atoms with Crippen molar-refractivity contribution in [3.05, 3.63) is 25.2 Å². The SMILES string of the molecule is [2H]C([2H])=C([2H])C([2H])=C([2H])[2H]. The molecule has 0 aliphatic rings. The summed E-state index contributed by atoms with van der Waals surface area (Å²) >= 11 is 0. The van der Waals surface area contributed by atoms with Gasteiger partial charge in [0.25, 0.3) is 0 Å². The van der Waals surface area contributed by atoms with E-state index in [1.165, 1.54) is 0 Å². The van der Waals surface area contributed by atoms with Crippen LogP contribution in [0.4, 0.5) is 0 Å². The van der Waals surface area contributed by atoms with Gasteiger partial charge in [-0.2, -0.15) is 0 Å². The Morgan fingerprint density at radius 2 is 2.25 bits per heavy atom. The molecule has 0 unspecified atom stereocenters. The van der Waals surface area contributed by atoms with Crippen molar-refractivity contribution in [2.75, 3.05) is 0 Å². The van der Waals surface area contributed by atoms with Crippen LogP contribution in [-0.2, 0) is 0 Å². The molecule has 0 atom stereocenters. The second-order valence-corrected chi connectivity index (χ2v) is 0.250. The second kappa shape index (κ2) is 2.48. The minimum Gasteiger partial charge on any atom is -0.0991 e. The minimum atomic E-state index is -0.845. The molecule has 0 bridgehead atoms. The van der Waals surface area contributed by atoms with Crippen molar-refractivity contribution in [1.29, 1.82) is 0 Å². The van der Waals surface area contributed by atoms with Gasteiger partial charge in [0, 0.05) is 0 Å². The quantitative estimate of drug-likeness (QED) is 0.401. The predicted octanol–water partition coefficient (Wildman–Crippen LogP) is 1.36. The Morgan fingerprint density at radius 1 is 1.75 bits per heavy atom. The number of allylic oxidation sites excluding steroid dienone is 2. The molecular formula is C4H6. The molecule has 0 heteroatoms. The second-order valence-electron chi connectivity index (χ2n) is 0.250. The molecule has 22 valence electrons. The molecule has 0 heterocycles. The molecule has 0 amide bonds. The standard InChI is InChI=1S/C4H6/c1-3-4-2/h3-4H,1-2H2/i1D2,2D2,3D,4D. The van der Waals surface area contributed by atoms with E-state index in [2.05, 4.69) is 0 Å². The average molecular weight is 60.1 g/mol. The van der Waals surface area contributed by atoms with Crippen LogP contribution < -0.4 is 0 Å². The van der Waals surface area contributed by atoms with Gasteiger partial charge in [-0.15, -0.1) is 0 Å². The summed E-state index contributed by atoms with van der Waals surface area (Å²) in [5.41, 5.74) is 0. The van der Waals surface area contributed by atoms with Crippen LogP contribution >= 0.6 is 0 Å². The molecule has 0 nitrogen and oxygen atoms in total. The van der Waals surface area contributed by atoms with E-state index in [1.807, 2.05) is 0 Å². The Morgan fingerprint density at radius 3 is 2.50 bits per heavy atom. The molecule has 0 saturated heterocycles. The van der Waals surface area contributed by atoms with Gasteiger partial charge in [-0.25, -0.2) is 0 Å². The van der Waals surface area contributed by atoms with Crippen molar-refractivity contribution in [3.8, 4) is 0 Å². The molecule has 0 fully saturated rings. The van der Waals surface area contributed by atoms with E-state index in [1.54, 1.807) is 0 Å². The molecule has 0 aromatic rings. The highest BCUT2D eigenvalue weighted by atomic mass is 13.4. The zero-order valence-electron chi connectivity index (χ0n) is 8.00. The Kier molecular flexibility index (Phi) is 0.185. The zero-order chi connectivity index (χ0) is 8.31. The lowest BCUT2D eigenvalue weighted by atomic mass is 10.6. The third-order valence-corrected chi connectivity index (χ3v) is 0.0625. The lowest BCUT2D eigenvalue weighted by Crippen LogP contribution is -1.21. The van der Waals surface area contributed by atoms with Crippen molar-refractivity contribution < 1.29 is 8.22 Å². The van der Waals surface area contributed by atoms with Gasteiger partial charge in [0.2, 0.25) is 0 Å². The molecule has 0 radical (unpaired) electrons. The van der Waals surface area contributed by atoms with Gasteiger partial charge >= 0.3 is 0 Å². The van der Waals surface area contributed by atoms with Crippen LogP contribution in [0.25, 0.3) is 0 Å². The fourth-order valence-corrected chi connectivity index (χ4v) is 0. The molecule has 0 aromatic carbocycles. The van der Waals surface area contributed by atoms with E-state index in [-0.39, 0.29) is 0 Å². The molecule has 0 aliphatic carbocycles. The smallest absolute Gasteiger partial charge is 0.0616 e. The first-order chi connectivity index (χ1) is 4.46. The summed E-state index contributed by atoms with van der Waals surface area (Å²) in [6.07, 6.45) is 0. The first kappa shape index (κ1) is 0.298. The van der Waals surface area contributed by atoms with Crippen LogP contribution in [0.3, 0.4) is 0 Å². The third kappa shape index (κ3) is 1.48. The highest BCUT2D eigenvalue weighted by molar-refractivity contribution is 4.88. The molecule has 0 aliphatic heterocycles. The topological polar surface area (TPSA) is 0 Å². The molecule has 4 heavy (non-hydrogen) atoms. The lowest BCUT2D eigenvalue weighted by Gasteiger charge is -1.44. The van der Waals surface area contributed by atoms with Gasteiger partial charge in [-0.1, -0.05) is 25.2 Å². The van der Waals surface area contributed by atoms with E-state index >= 15 is 0 Å². The van der Waals surface area contributed by atoms with Crippen molar-refractivity contribution in [3.63, 3.8) is 0 Å². The van der Waals surface area contributed by atoms with E-state index < -0.39 is 25.2 Å². The summed E-state index contributed by atoms with van der Waals surface area (Å²) in [7, 11) is 0. The average Bonchev–Trinajstić information content (AvgIpc) is 1.84. The Balaban J connectivity index is 4.71. The van der Waals surface area contributed by atoms with Crippen molar-refractivity contribution in [2.45, 2.75) is 0 Å². The zero-order valence-corrected chi connectivity index (χ0v) is 2.00. The van der Waals surface area contributed by atoms with E-state index in [9.17, 15) is 0 Å². The number of hydrogen-bond donors (Lipinski definition) is 0. The molecular weight excluding hydrogens is 48.0 g/mol. The first-order valence-electron chi connectivity index (χ1n) is 3.75. The largest absolute Gasteiger partial charge is 0.0991 e. The summed E-state index contributed by atoms with van der Waals surface area (Å²) in [6, 6.07) is -1.39. The summed E-state index contributed by atoms with van der Waals surface area (Å²) in [6.45, 7) is -1.69. The minimum absolute atomic E-state index is 0.694. The van der Waals surface area contributed by atoms with Crippen LogP contribution in [0.1, 0.15) is 8.22 Å². The normalized spacial score (nSPS) is 24.0. The monoisotopic (exact) mass is 60.1 g/mol. The molecule has 0 N–H and O–H groups in total. The summed E-state index contributed by atoms with van der Waals surface area (Å²) in [4.78, 5) is 0. The Labute approximate surface area is 34.9 Å². The van der Waals surface area contributed by atoms with Crippen LogP contribution in [0.5, 0.6) is 0 Å². The van der Waals surface area contributed by atoms with Crippen LogP contribution in [0, 0.1) is 0 Å². The van der Waals surface area contributed by atoms with E-state index in [0.29, 0.717) is 0 Å². The third-order valence-electron chi connectivity index (χ3n) is 0.0625. The van der Waals surface area contributed by atoms with Gasteiger partial charge in [0.1, 0.15) is 0 Å². The van der Waals surface area contributed by atoms with Crippen LogP contribution in [0.2, 0.25) is 0 Å². The van der Waals surface area contributed by atoms with Gasteiger partial charge < -0.3 is 0 Å². The van der Waals surface area contributed by atoms with Crippen molar-refractivity contribution >= 4 is 0 Å². The lowest BCUT2D eigenvalue weighted by molar-refractivity contribution is 2.15. The molecule has 0 rings (SSSR count). The Hall–Kier alpha value is -0.520. The highest BCUT2D eigenvalue weighted by Crippen LogP contribution is 1.52. The predicted molar refractivity (Wildman–Crippen MR) is 20.4 cm³/mol. The van der Waals surface area contributed by atoms with Crippen LogP contribution in [-0.4, -0.2) is 0 Å². The molecule has 0 spiro atoms. The van der Waals surface area contributed by atoms with Gasteiger partial charge in [0.15, 0.2) is 0 Å². The maximum atomic E-state index is 6.78. The van der Waals surface area contributed by atoms with Gasteiger partial charge in [0.05, 0.1) is 8.22 Å². The maximum absolute atomic E-state index is 6.78. The molecule has 0 aromatic heterocycles. The summed E-state index contributed by atoms with van der Waals surface area (Å²) in [5, 5.41) is 0. The van der Waals surface area contributed by atoms with E-state index in [0.717, 1.165) is 0 Å². The van der Waals surface area contributed by atoms with E-state index in [4.69, 9.17) is 8.22 Å². The number of hydrogen-bond acceptors (Lipinski definition) is 0.